The van der Waals surface area contributed by atoms with E-state index in [2.05, 4.69) is 34.4 Å². The number of likely N-dealkylation sites (tertiary alicyclic amines) is 1. The number of carbonyl (C=O) groups is 2. The number of hydrogen-bond donors (Lipinski definition) is 0. The quantitative estimate of drug-likeness (QED) is 0.319. The summed E-state index contributed by atoms with van der Waals surface area (Å²) < 4.78 is 16.1. The Hall–Kier alpha value is -3.68. The summed E-state index contributed by atoms with van der Waals surface area (Å²) in [7, 11) is 1.38. The van der Waals surface area contributed by atoms with Gasteiger partial charge in [0.1, 0.15) is 5.60 Å². The average molecular weight is 532 g/mol. The minimum atomic E-state index is -0.612. The maximum absolute atomic E-state index is 13.0. The van der Waals surface area contributed by atoms with Gasteiger partial charge in [-0.2, -0.15) is 4.98 Å². The van der Waals surface area contributed by atoms with Gasteiger partial charge in [-0.25, -0.2) is 4.79 Å². The second-order valence-electron chi connectivity index (χ2n) is 11.7. The lowest BCUT2D eigenvalue weighted by Crippen LogP contribution is -2.37. The Morgan fingerprint density at radius 1 is 0.974 bits per heavy atom. The summed E-state index contributed by atoms with van der Waals surface area (Å²) in [6, 6.07) is 16.1. The summed E-state index contributed by atoms with van der Waals surface area (Å²) >= 11 is 0. The molecule has 8 heteroatoms. The number of methoxy groups -OCH3 is 1. The third kappa shape index (κ3) is 6.32. The van der Waals surface area contributed by atoms with E-state index in [4.69, 9.17) is 14.0 Å². The molecule has 3 aromatic rings. The topological polar surface area (TPSA) is 94.8 Å². The predicted octanol–water partition coefficient (Wildman–Crippen LogP) is 6.92. The van der Waals surface area contributed by atoms with Crippen LogP contribution < -0.4 is 0 Å². The summed E-state index contributed by atoms with van der Waals surface area (Å²) in [5.41, 5.74) is 3.46. The molecule has 0 N–H and O–H groups in total. The highest BCUT2D eigenvalue weighted by Crippen LogP contribution is 2.39. The van der Waals surface area contributed by atoms with Crippen molar-refractivity contribution in [3.05, 3.63) is 59.7 Å². The fourth-order valence-electron chi connectivity index (χ4n) is 5.70. The zero-order chi connectivity index (χ0) is 27.6. The van der Waals surface area contributed by atoms with Crippen LogP contribution in [-0.4, -0.2) is 46.4 Å². The molecule has 5 rings (SSSR count). The molecule has 1 aliphatic carbocycles. The highest BCUT2D eigenvalue weighted by atomic mass is 16.6. The van der Waals surface area contributed by atoms with Crippen LogP contribution in [0.1, 0.15) is 82.4 Å². The Morgan fingerprint density at radius 3 is 2.26 bits per heavy atom. The second kappa shape index (κ2) is 11.2. The van der Waals surface area contributed by atoms with Crippen LogP contribution in [0.4, 0.5) is 4.79 Å². The third-order valence-corrected chi connectivity index (χ3v) is 7.66. The van der Waals surface area contributed by atoms with Crippen molar-refractivity contribution in [1.29, 1.82) is 0 Å². The Morgan fingerprint density at radius 2 is 1.62 bits per heavy atom. The van der Waals surface area contributed by atoms with E-state index < -0.39 is 5.60 Å². The van der Waals surface area contributed by atoms with Crippen molar-refractivity contribution in [2.45, 2.75) is 76.9 Å². The summed E-state index contributed by atoms with van der Waals surface area (Å²) in [5, 5.41) is 4.21. The summed E-state index contributed by atoms with van der Waals surface area (Å²) in [6.45, 7) is 5.98. The fraction of sp³-hybridized carbons (Fsp3) is 0.484. The molecule has 0 spiro atoms. The van der Waals surface area contributed by atoms with E-state index in [1.807, 2.05) is 45.0 Å². The van der Waals surface area contributed by atoms with Crippen molar-refractivity contribution < 1.29 is 23.6 Å². The molecule has 0 radical (unpaired) electrons. The SMILES string of the molecule is COC(=O)C[C@@H]1C[C@@H](c2ccc(-c3noc(-c4ccc(C5CCCC5)cc4)n3)cc2)N(C(=O)OC(C)(C)C)C1. The average Bonchev–Trinajstić information content (AvgIpc) is 3.69. The number of amides is 1. The van der Waals surface area contributed by atoms with E-state index in [0.717, 1.165) is 16.7 Å². The van der Waals surface area contributed by atoms with Crippen molar-refractivity contribution in [2.75, 3.05) is 13.7 Å². The van der Waals surface area contributed by atoms with E-state index in [1.165, 1.54) is 38.4 Å². The van der Waals surface area contributed by atoms with Gasteiger partial charge < -0.3 is 18.9 Å². The Labute approximate surface area is 229 Å². The van der Waals surface area contributed by atoms with Crippen molar-refractivity contribution >= 4 is 12.1 Å². The van der Waals surface area contributed by atoms with Gasteiger partial charge in [-0.05, 0) is 75.1 Å². The molecule has 0 bridgehead atoms. The van der Waals surface area contributed by atoms with Gasteiger partial charge in [0.2, 0.25) is 5.82 Å². The molecule has 8 nitrogen and oxygen atoms in total. The minimum Gasteiger partial charge on any atom is -0.469 e. The van der Waals surface area contributed by atoms with Crippen LogP contribution in [-0.2, 0) is 14.3 Å². The van der Waals surface area contributed by atoms with Crippen molar-refractivity contribution in [3.63, 3.8) is 0 Å². The van der Waals surface area contributed by atoms with Crippen LogP contribution >= 0.6 is 0 Å². The van der Waals surface area contributed by atoms with Crippen molar-refractivity contribution in [2.24, 2.45) is 5.92 Å². The molecule has 1 aromatic heterocycles. The second-order valence-corrected chi connectivity index (χ2v) is 11.7. The number of aromatic nitrogens is 2. The first-order valence-electron chi connectivity index (χ1n) is 13.8. The number of hydrogen-bond acceptors (Lipinski definition) is 7. The van der Waals surface area contributed by atoms with E-state index in [-0.39, 0.29) is 30.4 Å². The van der Waals surface area contributed by atoms with Gasteiger partial charge in [-0.1, -0.05) is 54.4 Å². The summed E-state index contributed by atoms with van der Waals surface area (Å²) in [4.78, 5) is 31.3. The minimum absolute atomic E-state index is 0.00512. The first-order valence-corrected chi connectivity index (χ1v) is 13.8. The maximum atomic E-state index is 13.0. The van der Waals surface area contributed by atoms with Gasteiger partial charge in [0.05, 0.1) is 19.6 Å². The molecule has 0 unspecified atom stereocenters. The van der Waals surface area contributed by atoms with Crippen LogP contribution in [0.25, 0.3) is 22.8 Å². The Balaban J connectivity index is 1.31. The molecule has 2 aromatic carbocycles. The van der Waals surface area contributed by atoms with E-state index in [1.54, 1.807) is 4.90 Å². The van der Waals surface area contributed by atoms with Crippen LogP contribution in [0.15, 0.2) is 53.1 Å². The number of benzene rings is 2. The molecule has 1 saturated heterocycles. The fourth-order valence-corrected chi connectivity index (χ4v) is 5.70. The van der Waals surface area contributed by atoms with Gasteiger partial charge >= 0.3 is 12.1 Å². The first kappa shape index (κ1) is 26.9. The summed E-state index contributed by atoms with van der Waals surface area (Å²) in [5.74, 6) is 1.38. The number of ether oxygens (including phenoxy) is 2. The van der Waals surface area contributed by atoms with E-state index in [9.17, 15) is 9.59 Å². The summed E-state index contributed by atoms with van der Waals surface area (Å²) in [6.07, 6.45) is 5.68. The molecule has 2 fully saturated rings. The molecule has 1 saturated carbocycles. The Kier molecular flexibility index (Phi) is 7.73. The monoisotopic (exact) mass is 531 g/mol. The molecule has 206 valence electrons. The van der Waals surface area contributed by atoms with Gasteiger partial charge in [0.15, 0.2) is 0 Å². The highest BCUT2D eigenvalue weighted by molar-refractivity contribution is 5.71. The molecule has 2 atom stereocenters. The van der Waals surface area contributed by atoms with E-state index >= 15 is 0 Å². The lowest BCUT2D eigenvalue weighted by atomic mass is 9.96. The maximum Gasteiger partial charge on any atom is 0.410 e. The molecule has 1 aliphatic heterocycles. The zero-order valence-corrected chi connectivity index (χ0v) is 23.2. The van der Waals surface area contributed by atoms with Crippen molar-refractivity contribution in [3.8, 4) is 22.8 Å². The van der Waals surface area contributed by atoms with Gasteiger partial charge in [-0.15, -0.1) is 0 Å². The lowest BCUT2D eigenvalue weighted by Gasteiger charge is -2.29. The van der Waals surface area contributed by atoms with Crippen LogP contribution in [0, 0.1) is 5.92 Å². The molecule has 1 amide bonds. The lowest BCUT2D eigenvalue weighted by molar-refractivity contribution is -0.141. The van der Waals surface area contributed by atoms with Crippen molar-refractivity contribution in [1.82, 2.24) is 15.0 Å². The standard InChI is InChI=1S/C31H37N3O5/c1-31(2,3)38-30(36)34-19-20(18-27(35)37-4)17-26(34)23-11-13-24(14-12-23)28-32-29(39-33-28)25-15-9-22(10-16-25)21-7-5-6-8-21/h9-16,20-21,26H,5-8,17-19H2,1-4H3/t20-,26-/m0/s1. The molecular formula is C31H37N3O5. The Bertz CT molecular complexity index is 1290. The molecule has 39 heavy (non-hydrogen) atoms. The number of rotatable bonds is 6. The largest absolute Gasteiger partial charge is 0.469 e. The number of carbonyl (C=O) groups excluding carboxylic acids is 2. The van der Waals surface area contributed by atoms with Gasteiger partial charge in [0, 0.05) is 17.7 Å². The van der Waals surface area contributed by atoms with Crippen LogP contribution in [0.2, 0.25) is 0 Å². The predicted molar refractivity (Wildman–Crippen MR) is 147 cm³/mol. The van der Waals surface area contributed by atoms with Gasteiger partial charge in [-0.3, -0.25) is 4.79 Å². The van der Waals surface area contributed by atoms with Gasteiger partial charge in [0.25, 0.3) is 5.89 Å². The van der Waals surface area contributed by atoms with E-state index in [0.29, 0.717) is 30.6 Å². The first-order chi connectivity index (χ1) is 18.7. The normalized spacial score (nSPS) is 19.8. The molecule has 2 aliphatic rings. The molecule has 2 heterocycles. The highest BCUT2D eigenvalue weighted by Gasteiger charge is 2.39. The number of esters is 1. The molecular weight excluding hydrogens is 494 g/mol. The smallest absolute Gasteiger partial charge is 0.410 e. The number of nitrogens with zero attached hydrogens (tertiary/aromatic N) is 3. The van der Waals surface area contributed by atoms with Crippen LogP contribution in [0.5, 0.6) is 0 Å². The zero-order valence-electron chi connectivity index (χ0n) is 23.2. The van der Waals surface area contributed by atoms with Crippen LogP contribution in [0.3, 0.4) is 0 Å². The third-order valence-electron chi connectivity index (χ3n) is 7.66.